The minimum absolute atomic E-state index is 0.182. The van der Waals surface area contributed by atoms with Gasteiger partial charge >= 0.3 is 0 Å². The summed E-state index contributed by atoms with van der Waals surface area (Å²) in [5.74, 6) is 1.64. The van der Waals surface area contributed by atoms with Crippen molar-refractivity contribution in [3.63, 3.8) is 0 Å². The fourth-order valence-electron chi connectivity index (χ4n) is 1.69. The lowest BCUT2D eigenvalue weighted by atomic mass is 10.1. The summed E-state index contributed by atoms with van der Waals surface area (Å²) in [7, 11) is 1.68. The number of ether oxygens (including phenoxy) is 1. The molecule has 0 amide bonds. The molecule has 2 rings (SSSR count). The first kappa shape index (κ1) is 12.3. The lowest BCUT2D eigenvalue weighted by Gasteiger charge is -2.08. The van der Waals surface area contributed by atoms with Crippen molar-refractivity contribution in [2.75, 3.05) is 12.4 Å². The van der Waals surface area contributed by atoms with Crippen molar-refractivity contribution >= 4 is 12.0 Å². The van der Waals surface area contributed by atoms with Crippen molar-refractivity contribution in [1.29, 1.82) is 0 Å². The summed E-state index contributed by atoms with van der Waals surface area (Å²) in [5, 5.41) is 3.24. The molecule has 1 atom stereocenters. The predicted molar refractivity (Wildman–Crippen MR) is 73.8 cm³/mol. The largest absolute Gasteiger partial charge is 0.496 e. The highest BCUT2D eigenvalue weighted by Crippen LogP contribution is 2.19. The Labute approximate surface area is 107 Å². The topological polar surface area (TPSA) is 34.4 Å². The molecular formula is C15H17NO2. The van der Waals surface area contributed by atoms with Gasteiger partial charge in [0.15, 0.2) is 5.88 Å². The van der Waals surface area contributed by atoms with Gasteiger partial charge in [-0.2, -0.15) is 0 Å². The molecule has 0 saturated heterocycles. The van der Waals surface area contributed by atoms with Gasteiger partial charge in [0.2, 0.25) is 0 Å². The maximum atomic E-state index is 5.29. The van der Waals surface area contributed by atoms with E-state index in [2.05, 4.69) is 18.3 Å². The zero-order chi connectivity index (χ0) is 12.8. The average molecular weight is 243 g/mol. The highest BCUT2D eigenvalue weighted by Gasteiger charge is 2.01. The number of benzene rings is 1. The normalized spacial score (nSPS) is 12.6. The lowest BCUT2D eigenvalue weighted by molar-refractivity contribution is 0.414. The van der Waals surface area contributed by atoms with Crippen molar-refractivity contribution in [1.82, 2.24) is 0 Å². The van der Waals surface area contributed by atoms with Crippen LogP contribution in [-0.4, -0.2) is 13.2 Å². The minimum atomic E-state index is 0.182. The molecule has 0 bridgehead atoms. The monoisotopic (exact) mass is 243 g/mol. The number of anilines is 1. The Balaban J connectivity index is 2.01. The Morgan fingerprint density at radius 3 is 2.78 bits per heavy atom. The number of para-hydroxylation sites is 1. The number of hydrogen-bond acceptors (Lipinski definition) is 3. The van der Waals surface area contributed by atoms with Crippen molar-refractivity contribution in [3.05, 3.63) is 54.3 Å². The molecule has 1 aromatic carbocycles. The van der Waals surface area contributed by atoms with E-state index in [0.717, 1.165) is 17.2 Å². The number of hydrogen-bond donors (Lipinski definition) is 1. The van der Waals surface area contributed by atoms with Gasteiger partial charge in [0.05, 0.1) is 13.4 Å². The summed E-state index contributed by atoms with van der Waals surface area (Å²) < 4.78 is 10.5. The fourth-order valence-corrected chi connectivity index (χ4v) is 1.69. The van der Waals surface area contributed by atoms with Gasteiger partial charge in [-0.15, -0.1) is 0 Å². The summed E-state index contributed by atoms with van der Waals surface area (Å²) in [4.78, 5) is 0. The standard InChI is InChI=1S/C15H17NO2/c1-12(16-15-8-5-11-18-15)9-10-13-6-3-4-7-14(13)17-2/h3-12,16H,1-2H3/b10-9+. The van der Waals surface area contributed by atoms with Crippen molar-refractivity contribution < 1.29 is 9.15 Å². The molecule has 94 valence electrons. The highest BCUT2D eigenvalue weighted by molar-refractivity contribution is 5.58. The van der Waals surface area contributed by atoms with Gasteiger partial charge in [-0.3, -0.25) is 0 Å². The van der Waals surface area contributed by atoms with Crippen LogP contribution in [0.25, 0.3) is 6.08 Å². The molecule has 0 saturated carbocycles. The SMILES string of the molecule is COc1ccccc1/C=C/C(C)Nc1ccco1. The van der Waals surface area contributed by atoms with Crippen LogP contribution in [0.1, 0.15) is 12.5 Å². The van der Waals surface area contributed by atoms with Gasteiger partial charge in [0.1, 0.15) is 5.75 Å². The number of methoxy groups -OCH3 is 1. The summed E-state index contributed by atoms with van der Waals surface area (Å²) in [6, 6.07) is 11.9. The minimum Gasteiger partial charge on any atom is -0.496 e. The first-order valence-electron chi connectivity index (χ1n) is 5.91. The van der Waals surface area contributed by atoms with Crippen LogP contribution in [-0.2, 0) is 0 Å². The van der Waals surface area contributed by atoms with Crippen molar-refractivity contribution in [2.24, 2.45) is 0 Å². The highest BCUT2D eigenvalue weighted by atomic mass is 16.5. The first-order valence-corrected chi connectivity index (χ1v) is 5.91. The second-order valence-electron chi connectivity index (χ2n) is 4.01. The van der Waals surface area contributed by atoms with Crippen LogP contribution in [0, 0.1) is 0 Å². The van der Waals surface area contributed by atoms with E-state index in [1.54, 1.807) is 13.4 Å². The lowest BCUT2D eigenvalue weighted by Crippen LogP contribution is -2.10. The van der Waals surface area contributed by atoms with E-state index in [1.165, 1.54) is 0 Å². The zero-order valence-electron chi connectivity index (χ0n) is 10.6. The van der Waals surface area contributed by atoms with Gasteiger partial charge in [-0.05, 0) is 19.1 Å². The third-order valence-electron chi connectivity index (χ3n) is 2.59. The van der Waals surface area contributed by atoms with Crippen molar-refractivity contribution in [3.8, 4) is 5.75 Å². The summed E-state index contributed by atoms with van der Waals surface area (Å²) in [6.07, 6.45) is 5.76. The van der Waals surface area contributed by atoms with Gasteiger partial charge in [-0.25, -0.2) is 0 Å². The Kier molecular flexibility index (Phi) is 4.07. The van der Waals surface area contributed by atoms with Gasteiger partial charge < -0.3 is 14.5 Å². The second kappa shape index (κ2) is 5.96. The maximum absolute atomic E-state index is 5.29. The van der Waals surface area contributed by atoms with E-state index in [9.17, 15) is 0 Å². The molecule has 1 aromatic heterocycles. The fraction of sp³-hybridized carbons (Fsp3) is 0.200. The number of furan rings is 1. The summed E-state index contributed by atoms with van der Waals surface area (Å²) in [6.45, 7) is 2.06. The molecule has 1 heterocycles. The second-order valence-corrected chi connectivity index (χ2v) is 4.01. The van der Waals surface area contributed by atoms with Crippen LogP contribution in [0.15, 0.2) is 53.2 Å². The first-order chi connectivity index (χ1) is 8.79. The maximum Gasteiger partial charge on any atom is 0.193 e. The predicted octanol–water partition coefficient (Wildman–Crippen LogP) is 3.80. The summed E-state index contributed by atoms with van der Waals surface area (Å²) in [5.41, 5.74) is 1.06. The quantitative estimate of drug-likeness (QED) is 0.867. The number of nitrogens with one attached hydrogen (secondary N) is 1. The Morgan fingerprint density at radius 2 is 2.06 bits per heavy atom. The molecule has 0 fully saturated rings. The van der Waals surface area contributed by atoms with Gasteiger partial charge in [-0.1, -0.05) is 30.4 Å². The van der Waals surface area contributed by atoms with Crippen LogP contribution in [0.5, 0.6) is 5.75 Å². The molecule has 0 aliphatic rings. The smallest absolute Gasteiger partial charge is 0.193 e. The van der Waals surface area contributed by atoms with E-state index in [1.807, 2.05) is 42.5 Å². The zero-order valence-corrected chi connectivity index (χ0v) is 10.6. The third kappa shape index (κ3) is 3.17. The third-order valence-corrected chi connectivity index (χ3v) is 2.59. The van der Waals surface area contributed by atoms with E-state index >= 15 is 0 Å². The molecule has 0 aliphatic heterocycles. The molecule has 1 unspecified atom stereocenters. The van der Waals surface area contributed by atoms with E-state index < -0.39 is 0 Å². The van der Waals surface area contributed by atoms with E-state index in [0.29, 0.717) is 0 Å². The molecule has 3 heteroatoms. The van der Waals surface area contributed by atoms with E-state index in [4.69, 9.17) is 9.15 Å². The van der Waals surface area contributed by atoms with Crippen LogP contribution in [0.4, 0.5) is 5.88 Å². The molecule has 2 aromatic rings. The van der Waals surface area contributed by atoms with Crippen LogP contribution in [0.3, 0.4) is 0 Å². The Morgan fingerprint density at radius 1 is 1.22 bits per heavy atom. The van der Waals surface area contributed by atoms with Gasteiger partial charge in [0.25, 0.3) is 0 Å². The van der Waals surface area contributed by atoms with E-state index in [-0.39, 0.29) is 6.04 Å². The van der Waals surface area contributed by atoms with Gasteiger partial charge in [0, 0.05) is 17.7 Å². The Hall–Kier alpha value is -2.16. The molecule has 0 spiro atoms. The molecule has 0 radical (unpaired) electrons. The van der Waals surface area contributed by atoms with Crippen LogP contribution in [0.2, 0.25) is 0 Å². The molecule has 18 heavy (non-hydrogen) atoms. The van der Waals surface area contributed by atoms with Crippen LogP contribution < -0.4 is 10.1 Å². The number of rotatable bonds is 5. The van der Waals surface area contributed by atoms with Crippen LogP contribution >= 0.6 is 0 Å². The molecular weight excluding hydrogens is 226 g/mol. The average Bonchev–Trinajstić information content (AvgIpc) is 2.89. The molecule has 0 aliphatic carbocycles. The Bertz CT molecular complexity index is 503. The molecule has 3 nitrogen and oxygen atoms in total. The summed E-state index contributed by atoms with van der Waals surface area (Å²) >= 11 is 0. The molecule has 1 N–H and O–H groups in total. The van der Waals surface area contributed by atoms with Crippen molar-refractivity contribution in [2.45, 2.75) is 13.0 Å².